The molecule has 2 amide bonds. The van der Waals surface area contributed by atoms with Crippen LogP contribution in [0.5, 0.6) is 0 Å². The fourth-order valence-electron chi connectivity index (χ4n) is 5.35. The molecule has 0 unspecified atom stereocenters. The van der Waals surface area contributed by atoms with Gasteiger partial charge in [-0.05, 0) is 70.1 Å². The number of likely N-dealkylation sites (N-methyl/N-ethyl adjacent to an activating group) is 2. The number of aldehydes is 1. The number of hydrogen-bond acceptors (Lipinski definition) is 10. The lowest BCUT2D eigenvalue weighted by Crippen LogP contribution is -2.52. The van der Waals surface area contributed by atoms with Crippen LogP contribution in [0.15, 0.2) is 24.3 Å². The summed E-state index contributed by atoms with van der Waals surface area (Å²) in [6.45, 7) is 13.3. The summed E-state index contributed by atoms with van der Waals surface area (Å²) in [4.78, 5) is 70.1. The normalized spacial score (nSPS) is 17.6. The standard InChI is InChI=1S/C35H53N3O9/c1-23(2)19-28(32(41)45-24(3)22-39)36(7)31(40)30(21-26-11-13-27(14-12-26)38-15-17-44-18-16-38)46-33(42)29(20-25-9-10-25)37(8)34(43)47-35(4,5)6/h11-14,22-25,28-30H,9-10,15-21H2,1-8H3/t24-,28+,29+,30-/m1/s1. The van der Waals surface area contributed by atoms with Crippen molar-refractivity contribution in [1.82, 2.24) is 9.80 Å². The van der Waals surface area contributed by atoms with Gasteiger partial charge in [0.15, 0.2) is 18.5 Å². The maximum absolute atomic E-state index is 14.2. The van der Waals surface area contributed by atoms with E-state index in [2.05, 4.69) is 4.90 Å². The topological polar surface area (TPSA) is 132 Å². The van der Waals surface area contributed by atoms with E-state index in [0.29, 0.717) is 25.9 Å². The van der Waals surface area contributed by atoms with Crippen molar-refractivity contribution in [3.8, 4) is 0 Å². The second-order valence-electron chi connectivity index (χ2n) is 14.1. The van der Waals surface area contributed by atoms with Crippen molar-refractivity contribution in [2.75, 3.05) is 45.3 Å². The number of hydrogen-bond donors (Lipinski definition) is 0. The highest BCUT2D eigenvalue weighted by molar-refractivity contribution is 5.90. The SMILES string of the molecule is CC(C)C[C@@H](C(=O)O[C@H](C)C=O)N(C)C(=O)[C@@H](Cc1ccc(N2CCOCC2)cc1)OC(=O)[C@H](CC1CC1)N(C)C(=O)OC(C)(C)C. The molecule has 47 heavy (non-hydrogen) atoms. The zero-order chi connectivity index (χ0) is 34.9. The first-order valence-electron chi connectivity index (χ1n) is 16.6. The number of carbonyl (C=O) groups excluding carboxylic acids is 5. The van der Waals surface area contributed by atoms with Crippen LogP contribution < -0.4 is 4.90 Å². The van der Waals surface area contributed by atoms with E-state index >= 15 is 0 Å². The van der Waals surface area contributed by atoms with E-state index < -0.39 is 53.8 Å². The third kappa shape index (κ3) is 11.8. The first-order chi connectivity index (χ1) is 22.1. The maximum Gasteiger partial charge on any atom is 0.410 e. The van der Waals surface area contributed by atoms with Gasteiger partial charge in [0, 0.05) is 39.3 Å². The van der Waals surface area contributed by atoms with E-state index in [9.17, 15) is 24.0 Å². The highest BCUT2D eigenvalue weighted by Crippen LogP contribution is 2.35. The van der Waals surface area contributed by atoms with Gasteiger partial charge in [-0.3, -0.25) is 14.5 Å². The van der Waals surface area contributed by atoms with Gasteiger partial charge in [0.2, 0.25) is 0 Å². The van der Waals surface area contributed by atoms with Crippen LogP contribution in [-0.4, -0.2) is 110 Å². The number of benzene rings is 1. The molecule has 1 saturated carbocycles. The van der Waals surface area contributed by atoms with Gasteiger partial charge in [-0.25, -0.2) is 14.4 Å². The Morgan fingerprint density at radius 3 is 2.06 bits per heavy atom. The summed E-state index contributed by atoms with van der Waals surface area (Å²) in [5.74, 6) is -1.77. The molecular formula is C35H53N3O9. The Labute approximate surface area is 279 Å². The molecule has 0 aromatic heterocycles. The van der Waals surface area contributed by atoms with Gasteiger partial charge >= 0.3 is 18.0 Å². The van der Waals surface area contributed by atoms with Gasteiger partial charge in [-0.1, -0.05) is 38.8 Å². The van der Waals surface area contributed by atoms with Crippen molar-refractivity contribution in [2.24, 2.45) is 11.8 Å². The number of esters is 2. The molecule has 262 valence electrons. The zero-order valence-corrected chi connectivity index (χ0v) is 29.2. The molecule has 0 radical (unpaired) electrons. The number of carbonyl (C=O) groups is 5. The summed E-state index contributed by atoms with van der Waals surface area (Å²) in [6, 6.07) is 5.71. The minimum Gasteiger partial charge on any atom is -0.453 e. The van der Waals surface area contributed by atoms with Crippen LogP contribution in [0.1, 0.15) is 72.8 Å². The summed E-state index contributed by atoms with van der Waals surface area (Å²) in [7, 11) is 2.97. The van der Waals surface area contributed by atoms with E-state index in [4.69, 9.17) is 18.9 Å². The Bertz CT molecular complexity index is 1220. The van der Waals surface area contributed by atoms with Crippen molar-refractivity contribution in [1.29, 1.82) is 0 Å². The van der Waals surface area contributed by atoms with Gasteiger partial charge in [0.05, 0.1) is 13.2 Å². The van der Waals surface area contributed by atoms with Gasteiger partial charge in [-0.2, -0.15) is 0 Å². The molecule has 1 aliphatic carbocycles. The van der Waals surface area contributed by atoms with Crippen molar-refractivity contribution in [2.45, 2.75) is 104 Å². The lowest BCUT2D eigenvalue weighted by molar-refractivity contribution is -0.169. The molecule has 1 aliphatic heterocycles. The highest BCUT2D eigenvalue weighted by Gasteiger charge is 2.40. The monoisotopic (exact) mass is 659 g/mol. The maximum atomic E-state index is 14.2. The number of nitrogens with zero attached hydrogens (tertiary/aromatic N) is 3. The average Bonchev–Trinajstić information content (AvgIpc) is 3.85. The second kappa shape index (κ2) is 16.9. The third-order valence-corrected chi connectivity index (χ3v) is 8.22. The summed E-state index contributed by atoms with van der Waals surface area (Å²) in [5, 5.41) is 0. The van der Waals surface area contributed by atoms with Gasteiger partial charge in [-0.15, -0.1) is 0 Å². The van der Waals surface area contributed by atoms with Crippen LogP contribution >= 0.6 is 0 Å². The number of ether oxygens (including phenoxy) is 4. The highest BCUT2D eigenvalue weighted by atomic mass is 16.6. The van der Waals surface area contributed by atoms with E-state index in [1.807, 2.05) is 38.1 Å². The molecule has 2 aliphatic rings. The Balaban J connectivity index is 1.90. The Kier molecular flexibility index (Phi) is 13.6. The Morgan fingerprint density at radius 2 is 1.53 bits per heavy atom. The van der Waals surface area contributed by atoms with E-state index in [-0.39, 0.29) is 24.7 Å². The molecule has 3 rings (SSSR count). The minimum atomic E-state index is -1.30. The Morgan fingerprint density at radius 1 is 0.936 bits per heavy atom. The third-order valence-electron chi connectivity index (χ3n) is 8.22. The predicted octanol–water partition coefficient (Wildman–Crippen LogP) is 4.02. The first-order valence-corrected chi connectivity index (χ1v) is 16.6. The molecular weight excluding hydrogens is 606 g/mol. The number of amides is 2. The second-order valence-corrected chi connectivity index (χ2v) is 14.1. The average molecular weight is 660 g/mol. The zero-order valence-electron chi connectivity index (χ0n) is 29.2. The van der Waals surface area contributed by atoms with Gasteiger partial charge in [0.25, 0.3) is 5.91 Å². The van der Waals surface area contributed by atoms with Crippen LogP contribution in [0, 0.1) is 11.8 Å². The van der Waals surface area contributed by atoms with Crippen LogP contribution in [0.25, 0.3) is 0 Å². The van der Waals surface area contributed by atoms with E-state index in [1.165, 1.54) is 30.8 Å². The molecule has 0 bridgehead atoms. The number of morpholine rings is 1. The molecule has 12 nitrogen and oxygen atoms in total. The quantitative estimate of drug-likeness (QED) is 0.155. The van der Waals surface area contributed by atoms with Crippen molar-refractivity contribution in [3.63, 3.8) is 0 Å². The summed E-state index contributed by atoms with van der Waals surface area (Å²) < 4.78 is 22.3. The molecule has 1 saturated heterocycles. The van der Waals surface area contributed by atoms with Crippen molar-refractivity contribution < 1.29 is 42.9 Å². The molecule has 2 fully saturated rings. The number of anilines is 1. The van der Waals surface area contributed by atoms with Crippen LogP contribution in [0.3, 0.4) is 0 Å². The fourth-order valence-corrected chi connectivity index (χ4v) is 5.35. The largest absolute Gasteiger partial charge is 0.453 e. The molecule has 12 heteroatoms. The summed E-state index contributed by atoms with van der Waals surface area (Å²) in [6.07, 6.45) is 0.126. The number of rotatable bonds is 15. The molecule has 0 spiro atoms. The molecule has 1 aromatic rings. The van der Waals surface area contributed by atoms with E-state index in [1.54, 1.807) is 20.8 Å². The molecule has 1 aromatic carbocycles. The fraction of sp³-hybridized carbons (Fsp3) is 0.686. The van der Waals surface area contributed by atoms with Crippen LogP contribution in [0.4, 0.5) is 10.5 Å². The molecule has 4 atom stereocenters. The van der Waals surface area contributed by atoms with Crippen molar-refractivity contribution >= 4 is 35.9 Å². The lowest BCUT2D eigenvalue weighted by Gasteiger charge is -2.33. The van der Waals surface area contributed by atoms with E-state index in [0.717, 1.165) is 37.2 Å². The smallest absolute Gasteiger partial charge is 0.410 e. The van der Waals surface area contributed by atoms with Crippen LogP contribution in [0.2, 0.25) is 0 Å². The van der Waals surface area contributed by atoms with Crippen molar-refractivity contribution in [3.05, 3.63) is 29.8 Å². The summed E-state index contributed by atoms with van der Waals surface area (Å²) >= 11 is 0. The molecule has 1 heterocycles. The molecule has 0 N–H and O–H groups in total. The Hall–Kier alpha value is -3.67. The lowest BCUT2D eigenvalue weighted by atomic mass is 10.0. The summed E-state index contributed by atoms with van der Waals surface area (Å²) in [5.41, 5.74) is 0.995. The van der Waals surface area contributed by atoms with Gasteiger partial charge in [0.1, 0.15) is 17.7 Å². The van der Waals surface area contributed by atoms with Crippen LogP contribution in [-0.2, 0) is 44.5 Å². The minimum absolute atomic E-state index is 0.00784. The first kappa shape index (κ1) is 37.8. The van der Waals surface area contributed by atoms with Gasteiger partial charge < -0.3 is 28.7 Å². The predicted molar refractivity (Wildman–Crippen MR) is 176 cm³/mol.